The molecule has 1 saturated heterocycles. The highest BCUT2D eigenvalue weighted by Crippen LogP contribution is 2.42. The molecule has 0 N–H and O–H groups in total. The highest BCUT2D eigenvalue weighted by atomic mass is 35.5. The average molecular weight is 375 g/mol. The van der Waals surface area contributed by atoms with Crippen LogP contribution in [0.25, 0.3) is 0 Å². The van der Waals surface area contributed by atoms with Gasteiger partial charge in [0.25, 0.3) is 5.91 Å². The molecule has 2 rings (SSSR count). The Morgan fingerprint density at radius 3 is 2.54 bits per heavy atom. The van der Waals surface area contributed by atoms with Crippen LogP contribution in [0.4, 0.5) is 14.9 Å². The van der Waals surface area contributed by atoms with Crippen molar-refractivity contribution >= 4 is 37.1 Å². The van der Waals surface area contributed by atoms with E-state index in [0.29, 0.717) is 0 Å². The lowest BCUT2D eigenvalue weighted by atomic mass is 10.2. The number of hydrogen-bond acceptors (Lipinski definition) is 3. The monoisotopic (exact) mass is 374 g/mol. The van der Waals surface area contributed by atoms with E-state index < -0.39 is 17.8 Å². The van der Waals surface area contributed by atoms with Gasteiger partial charge in [-0.2, -0.15) is 0 Å². The van der Waals surface area contributed by atoms with Crippen LogP contribution in [0.15, 0.2) is 12.1 Å². The number of rotatable bonds is 6. The summed E-state index contributed by atoms with van der Waals surface area (Å²) >= 11 is 6.10. The second-order valence-electron chi connectivity index (χ2n) is 5.66. The fraction of sp³-hybridized carbons (Fsp3) is 0.500. The minimum atomic E-state index is -0.730. The lowest BCUT2D eigenvalue weighted by molar-refractivity contribution is -0.116. The summed E-state index contributed by atoms with van der Waals surface area (Å²) < 4.78 is 20.3. The quantitative estimate of drug-likeness (QED) is 0.556. The van der Waals surface area contributed by atoms with Crippen molar-refractivity contribution in [3.05, 3.63) is 23.0 Å². The molecule has 0 radical (unpaired) electrons. The maximum absolute atomic E-state index is 14.3. The molecule has 0 aromatic heterocycles. The number of carbonyl (C=O) groups excluding carboxylic acids is 2. The van der Waals surface area contributed by atoms with Gasteiger partial charge >= 0.3 is 6.03 Å². The maximum Gasteiger partial charge on any atom is 0.331 e. The third-order valence-corrected chi connectivity index (χ3v) is 6.73. The van der Waals surface area contributed by atoms with Crippen LogP contribution in [0.3, 0.4) is 0 Å². The number of anilines is 1. The zero-order chi connectivity index (χ0) is 18.0. The van der Waals surface area contributed by atoms with E-state index in [1.807, 2.05) is 6.92 Å². The molecule has 1 aliphatic rings. The number of ether oxygens (including phenoxy) is 1. The van der Waals surface area contributed by atoms with Gasteiger partial charge in [-0.25, -0.2) is 14.1 Å². The van der Waals surface area contributed by atoms with Gasteiger partial charge in [-0.1, -0.05) is 33.4 Å². The van der Waals surface area contributed by atoms with Gasteiger partial charge in [-0.05, 0) is 25.3 Å². The van der Waals surface area contributed by atoms with Gasteiger partial charge in [0.1, 0.15) is 24.0 Å². The summed E-state index contributed by atoms with van der Waals surface area (Å²) in [5.74, 6) is -0.939. The first-order chi connectivity index (χ1) is 11.3. The largest absolute Gasteiger partial charge is 0.484 e. The van der Waals surface area contributed by atoms with Crippen LogP contribution in [0.5, 0.6) is 5.75 Å². The molecule has 0 saturated carbocycles. The first-order valence-electron chi connectivity index (χ1n) is 7.74. The lowest BCUT2D eigenvalue weighted by Gasteiger charge is -2.25. The molecule has 1 heterocycles. The lowest BCUT2D eigenvalue weighted by Crippen LogP contribution is -2.32. The highest BCUT2D eigenvalue weighted by molar-refractivity contribution is 7.57. The molecule has 8 heteroatoms. The van der Waals surface area contributed by atoms with Crippen molar-refractivity contribution < 1.29 is 18.7 Å². The second-order valence-corrected chi connectivity index (χ2v) is 8.79. The molecule has 1 aliphatic heterocycles. The van der Waals surface area contributed by atoms with E-state index in [0.717, 1.165) is 23.5 Å². The number of nitrogens with zero attached hydrogens (tertiary/aromatic N) is 2. The number of benzene rings is 1. The van der Waals surface area contributed by atoms with Gasteiger partial charge < -0.3 is 9.64 Å². The fourth-order valence-corrected chi connectivity index (χ4v) is 3.99. The number of amides is 3. The highest BCUT2D eigenvalue weighted by Gasteiger charge is 2.37. The topological polar surface area (TPSA) is 49.9 Å². The Bertz CT molecular complexity index is 658. The predicted molar refractivity (Wildman–Crippen MR) is 95.0 cm³/mol. The summed E-state index contributed by atoms with van der Waals surface area (Å²) in [5, 5.41) is 0.127. The van der Waals surface area contributed by atoms with Crippen LogP contribution >= 0.6 is 19.5 Å². The maximum atomic E-state index is 14.3. The molecule has 0 aliphatic carbocycles. The van der Waals surface area contributed by atoms with Crippen LogP contribution in [0.2, 0.25) is 5.02 Å². The molecule has 132 valence electrons. The number of halogens is 2. The van der Waals surface area contributed by atoms with E-state index in [1.165, 1.54) is 18.0 Å². The standard InChI is InChI=1S/C16H21ClFN2O3P/c1-5-15(24(4)6-2)23-13-8-12(11(18)7-10(13)17)20-14(21)9-19(3)16(20)22/h7-8,15H,5-6,9H2,1-4H3. The van der Waals surface area contributed by atoms with Crippen LogP contribution < -0.4 is 9.64 Å². The summed E-state index contributed by atoms with van der Waals surface area (Å²) in [7, 11) is 1.13. The zero-order valence-corrected chi connectivity index (χ0v) is 15.8. The summed E-state index contributed by atoms with van der Waals surface area (Å²) in [4.78, 5) is 26.2. The molecule has 5 nitrogen and oxygen atoms in total. The third-order valence-electron chi connectivity index (χ3n) is 3.98. The number of carbonyl (C=O) groups is 2. The zero-order valence-electron chi connectivity index (χ0n) is 14.2. The van der Waals surface area contributed by atoms with E-state index in [4.69, 9.17) is 16.3 Å². The van der Waals surface area contributed by atoms with Crippen LogP contribution in [-0.4, -0.2) is 49.1 Å². The second kappa shape index (κ2) is 7.66. The first-order valence-corrected chi connectivity index (χ1v) is 10.2. The van der Waals surface area contributed by atoms with Gasteiger partial charge in [-0.3, -0.25) is 4.79 Å². The minimum absolute atomic E-state index is 0.0199. The van der Waals surface area contributed by atoms with E-state index in [9.17, 15) is 14.0 Å². The molecule has 0 bridgehead atoms. The van der Waals surface area contributed by atoms with E-state index >= 15 is 0 Å². The Kier molecular flexibility index (Phi) is 6.05. The van der Waals surface area contributed by atoms with Crippen molar-refractivity contribution in [1.29, 1.82) is 0 Å². The normalized spacial score (nSPS) is 17.4. The molecule has 2 unspecified atom stereocenters. The van der Waals surface area contributed by atoms with E-state index in [1.54, 1.807) is 0 Å². The molecular weight excluding hydrogens is 354 g/mol. The number of likely N-dealkylation sites (N-methyl/N-ethyl adjacent to an activating group) is 1. The number of imide groups is 1. The molecule has 24 heavy (non-hydrogen) atoms. The van der Waals surface area contributed by atoms with Gasteiger partial charge in [0.15, 0.2) is 0 Å². The van der Waals surface area contributed by atoms with Crippen molar-refractivity contribution in [1.82, 2.24) is 4.90 Å². The number of urea groups is 1. The van der Waals surface area contributed by atoms with Crippen molar-refractivity contribution in [3.8, 4) is 5.75 Å². The van der Waals surface area contributed by atoms with Crippen molar-refractivity contribution in [2.45, 2.75) is 26.1 Å². The van der Waals surface area contributed by atoms with Gasteiger partial charge in [-0.15, -0.1) is 0 Å². The smallest absolute Gasteiger partial charge is 0.331 e. The molecule has 1 aromatic rings. The summed E-state index contributed by atoms with van der Waals surface area (Å²) in [6.45, 7) is 6.15. The van der Waals surface area contributed by atoms with Crippen molar-refractivity contribution in [2.75, 3.05) is 31.3 Å². The summed E-state index contributed by atoms with van der Waals surface area (Å²) in [6.07, 6.45) is 1.79. The Morgan fingerprint density at radius 2 is 2.04 bits per heavy atom. The van der Waals surface area contributed by atoms with E-state index in [-0.39, 0.29) is 36.8 Å². The predicted octanol–water partition coefficient (Wildman–Crippen LogP) is 4.12. The SMILES string of the molecule is CCC(Oc1cc(N2C(=O)CN(C)C2=O)c(F)cc1Cl)P(C)CC. The van der Waals surface area contributed by atoms with Crippen LogP contribution in [0, 0.1) is 5.82 Å². The van der Waals surface area contributed by atoms with Crippen molar-refractivity contribution in [2.24, 2.45) is 0 Å². The van der Waals surface area contributed by atoms with Crippen LogP contribution in [-0.2, 0) is 4.79 Å². The third kappa shape index (κ3) is 3.65. The van der Waals surface area contributed by atoms with Crippen LogP contribution in [0.1, 0.15) is 20.3 Å². The molecule has 1 aromatic carbocycles. The van der Waals surface area contributed by atoms with Gasteiger partial charge in [0, 0.05) is 13.1 Å². The van der Waals surface area contributed by atoms with Gasteiger partial charge in [0.2, 0.25) is 0 Å². The summed E-state index contributed by atoms with van der Waals surface area (Å²) in [6, 6.07) is 1.86. The Labute approximate surface area is 147 Å². The summed E-state index contributed by atoms with van der Waals surface area (Å²) in [5.41, 5.74) is -0.125. The first kappa shape index (κ1) is 18.9. The molecule has 1 fully saturated rings. The molecule has 2 atom stereocenters. The molecule has 3 amide bonds. The Hall–Kier alpha value is -1.39. The average Bonchev–Trinajstić information content (AvgIpc) is 2.79. The van der Waals surface area contributed by atoms with E-state index in [2.05, 4.69) is 13.6 Å². The molecule has 0 spiro atoms. The Balaban J connectivity index is 2.38. The fourth-order valence-electron chi connectivity index (χ4n) is 2.47. The Morgan fingerprint density at radius 1 is 1.38 bits per heavy atom. The number of hydrogen-bond donors (Lipinski definition) is 0. The molecular formula is C16H21ClFN2O3P. The van der Waals surface area contributed by atoms with Gasteiger partial charge in [0.05, 0.1) is 10.7 Å². The minimum Gasteiger partial charge on any atom is -0.484 e. The van der Waals surface area contributed by atoms with Crippen molar-refractivity contribution in [3.63, 3.8) is 0 Å².